The maximum atomic E-state index is 10.8. The molecule has 2 N–H and O–H groups in total. The van der Waals surface area contributed by atoms with Crippen molar-refractivity contribution in [3.05, 3.63) is 62.1 Å². The maximum absolute atomic E-state index is 10.8. The number of nitrogens with two attached hydrogens (primary N) is 1. The summed E-state index contributed by atoms with van der Waals surface area (Å²) in [6, 6.07) is 10.0. The average molecular weight is 351 g/mol. The van der Waals surface area contributed by atoms with Crippen LogP contribution in [0.4, 0.5) is 5.69 Å². The van der Waals surface area contributed by atoms with E-state index in [9.17, 15) is 10.1 Å². The summed E-state index contributed by atoms with van der Waals surface area (Å²) in [5.74, 6) is 1.04. The summed E-state index contributed by atoms with van der Waals surface area (Å²) in [5.41, 5.74) is 7.62. The van der Waals surface area contributed by atoms with Gasteiger partial charge in [-0.2, -0.15) is 0 Å². The fourth-order valence-corrected chi connectivity index (χ4v) is 2.29. The number of hydrogen-bond acceptors (Lipinski definition) is 4. The first-order valence-corrected chi connectivity index (χ1v) is 7.15. The molecule has 0 aliphatic carbocycles. The molecule has 2 aromatic carbocycles. The van der Waals surface area contributed by atoms with Gasteiger partial charge in [0.05, 0.1) is 15.5 Å². The van der Waals surface area contributed by atoms with Crippen molar-refractivity contribution in [1.82, 2.24) is 0 Å². The number of rotatable bonds is 4. The number of nitro benzene ring substituents is 1. The van der Waals surface area contributed by atoms with E-state index in [4.69, 9.17) is 10.5 Å². The maximum Gasteiger partial charge on any atom is 0.273 e. The first-order valence-electron chi connectivity index (χ1n) is 6.36. The summed E-state index contributed by atoms with van der Waals surface area (Å²) in [7, 11) is 0. The minimum Gasteiger partial charge on any atom is -0.456 e. The van der Waals surface area contributed by atoms with Gasteiger partial charge in [0.25, 0.3) is 5.69 Å². The monoisotopic (exact) mass is 350 g/mol. The first-order chi connectivity index (χ1) is 9.88. The van der Waals surface area contributed by atoms with Gasteiger partial charge < -0.3 is 10.5 Å². The van der Waals surface area contributed by atoms with Gasteiger partial charge in [-0.25, -0.2) is 0 Å². The van der Waals surface area contributed by atoms with Crippen molar-refractivity contribution in [3.8, 4) is 11.5 Å². The Morgan fingerprint density at radius 1 is 1.24 bits per heavy atom. The average Bonchev–Trinajstić information content (AvgIpc) is 2.42. The van der Waals surface area contributed by atoms with E-state index >= 15 is 0 Å². The Balaban J connectivity index is 2.34. The Morgan fingerprint density at radius 2 is 1.95 bits per heavy atom. The zero-order valence-corrected chi connectivity index (χ0v) is 13.3. The second-order valence-electron chi connectivity index (χ2n) is 4.79. The Labute approximate surface area is 131 Å². The Morgan fingerprint density at radius 3 is 2.52 bits per heavy atom. The summed E-state index contributed by atoms with van der Waals surface area (Å²) < 4.78 is 6.53. The molecule has 6 heteroatoms. The Hall–Kier alpha value is -1.92. The van der Waals surface area contributed by atoms with Crippen LogP contribution in [0.3, 0.4) is 0 Å². The highest BCUT2D eigenvalue weighted by Crippen LogP contribution is 2.34. The van der Waals surface area contributed by atoms with Gasteiger partial charge in [-0.05, 0) is 59.1 Å². The molecule has 110 valence electrons. The molecular weight excluding hydrogens is 336 g/mol. The Bertz CT molecular complexity index is 687. The number of benzene rings is 2. The standard InChI is InChI=1S/C15H15BrN2O3/c1-9-3-5-12(18(19)20)8-15(9)21-14-6-4-11(10(2)17)7-13(14)16/h3-8,10H,17H2,1-2H3. The summed E-state index contributed by atoms with van der Waals surface area (Å²) >= 11 is 3.43. The lowest BCUT2D eigenvalue weighted by molar-refractivity contribution is -0.384. The van der Waals surface area contributed by atoms with Crippen molar-refractivity contribution in [2.75, 3.05) is 0 Å². The van der Waals surface area contributed by atoms with Crippen molar-refractivity contribution in [3.63, 3.8) is 0 Å². The molecule has 0 radical (unpaired) electrons. The zero-order valence-electron chi connectivity index (χ0n) is 11.7. The zero-order chi connectivity index (χ0) is 15.6. The van der Waals surface area contributed by atoms with Crippen LogP contribution < -0.4 is 10.5 Å². The highest BCUT2D eigenvalue weighted by molar-refractivity contribution is 9.10. The van der Waals surface area contributed by atoms with E-state index in [0.29, 0.717) is 11.5 Å². The van der Waals surface area contributed by atoms with E-state index in [1.165, 1.54) is 12.1 Å². The summed E-state index contributed by atoms with van der Waals surface area (Å²) in [5, 5.41) is 10.8. The van der Waals surface area contributed by atoms with Crippen LogP contribution in [0.1, 0.15) is 24.1 Å². The highest BCUT2D eigenvalue weighted by Gasteiger charge is 2.12. The molecule has 0 aliphatic heterocycles. The molecule has 21 heavy (non-hydrogen) atoms. The van der Waals surface area contributed by atoms with Gasteiger partial charge in [0.2, 0.25) is 0 Å². The fourth-order valence-electron chi connectivity index (χ4n) is 1.81. The van der Waals surface area contributed by atoms with Crippen LogP contribution in [0, 0.1) is 17.0 Å². The van der Waals surface area contributed by atoms with Crippen LogP contribution in [-0.4, -0.2) is 4.92 Å². The molecule has 2 rings (SSSR count). The van der Waals surface area contributed by atoms with Gasteiger partial charge in [-0.15, -0.1) is 0 Å². The van der Waals surface area contributed by atoms with Crippen LogP contribution >= 0.6 is 15.9 Å². The van der Waals surface area contributed by atoms with Crippen molar-refractivity contribution in [1.29, 1.82) is 0 Å². The lowest BCUT2D eigenvalue weighted by Crippen LogP contribution is -2.04. The van der Waals surface area contributed by atoms with E-state index in [2.05, 4.69) is 15.9 Å². The molecule has 0 fully saturated rings. The second-order valence-corrected chi connectivity index (χ2v) is 5.64. The highest BCUT2D eigenvalue weighted by atomic mass is 79.9. The van der Waals surface area contributed by atoms with E-state index in [0.717, 1.165) is 15.6 Å². The molecule has 2 aromatic rings. The summed E-state index contributed by atoms with van der Waals surface area (Å²) in [6.45, 7) is 3.73. The van der Waals surface area contributed by atoms with Crippen molar-refractivity contribution >= 4 is 21.6 Å². The van der Waals surface area contributed by atoms with Crippen LogP contribution in [-0.2, 0) is 0 Å². The van der Waals surface area contributed by atoms with Crippen molar-refractivity contribution in [2.24, 2.45) is 5.73 Å². The van der Waals surface area contributed by atoms with Crippen LogP contribution in [0.5, 0.6) is 11.5 Å². The molecular formula is C15H15BrN2O3. The van der Waals surface area contributed by atoms with E-state index in [-0.39, 0.29) is 11.7 Å². The molecule has 0 aromatic heterocycles. The number of non-ortho nitro benzene ring substituents is 1. The molecule has 0 heterocycles. The Kier molecular flexibility index (Phi) is 4.59. The third-order valence-corrected chi connectivity index (χ3v) is 3.70. The predicted octanol–water partition coefficient (Wildman–Crippen LogP) is 4.48. The summed E-state index contributed by atoms with van der Waals surface area (Å²) in [6.07, 6.45) is 0. The topological polar surface area (TPSA) is 78.4 Å². The lowest BCUT2D eigenvalue weighted by Gasteiger charge is -2.12. The molecule has 1 atom stereocenters. The summed E-state index contributed by atoms with van der Waals surface area (Å²) in [4.78, 5) is 10.4. The molecule has 5 nitrogen and oxygen atoms in total. The molecule has 0 saturated heterocycles. The number of aryl methyl sites for hydroxylation is 1. The van der Waals surface area contributed by atoms with Crippen LogP contribution in [0.25, 0.3) is 0 Å². The SMILES string of the molecule is Cc1ccc([N+](=O)[O-])cc1Oc1ccc(C(C)N)cc1Br. The minimum absolute atomic E-state index is 0.000997. The van der Waals surface area contributed by atoms with E-state index in [1.54, 1.807) is 12.1 Å². The smallest absolute Gasteiger partial charge is 0.273 e. The van der Waals surface area contributed by atoms with Gasteiger partial charge in [0.15, 0.2) is 0 Å². The number of nitrogens with zero attached hydrogens (tertiary/aromatic N) is 1. The lowest BCUT2D eigenvalue weighted by atomic mass is 10.1. The van der Waals surface area contributed by atoms with E-state index in [1.807, 2.05) is 26.0 Å². The normalized spacial score (nSPS) is 12.0. The van der Waals surface area contributed by atoms with Gasteiger partial charge in [0, 0.05) is 12.1 Å². The third kappa shape index (κ3) is 3.59. The number of hydrogen-bond donors (Lipinski definition) is 1. The molecule has 0 saturated carbocycles. The second kappa shape index (κ2) is 6.24. The van der Waals surface area contributed by atoms with Gasteiger partial charge in [0.1, 0.15) is 11.5 Å². The largest absolute Gasteiger partial charge is 0.456 e. The number of ether oxygens (including phenoxy) is 1. The quantitative estimate of drug-likeness (QED) is 0.651. The fraction of sp³-hybridized carbons (Fsp3) is 0.200. The van der Waals surface area contributed by atoms with Gasteiger partial charge in [-0.3, -0.25) is 10.1 Å². The van der Waals surface area contributed by atoms with Crippen molar-refractivity contribution in [2.45, 2.75) is 19.9 Å². The number of halogens is 1. The molecule has 0 aliphatic rings. The van der Waals surface area contributed by atoms with Gasteiger partial charge in [-0.1, -0.05) is 6.07 Å². The minimum atomic E-state index is -0.444. The third-order valence-electron chi connectivity index (χ3n) is 3.08. The first kappa shape index (κ1) is 15.5. The van der Waals surface area contributed by atoms with E-state index < -0.39 is 4.92 Å². The number of nitro groups is 1. The molecule has 0 bridgehead atoms. The predicted molar refractivity (Wildman–Crippen MR) is 84.7 cm³/mol. The molecule has 0 spiro atoms. The van der Waals surface area contributed by atoms with Crippen LogP contribution in [0.15, 0.2) is 40.9 Å². The molecule has 0 amide bonds. The van der Waals surface area contributed by atoms with Crippen LogP contribution in [0.2, 0.25) is 0 Å². The molecule has 1 unspecified atom stereocenters. The van der Waals surface area contributed by atoms with Crippen molar-refractivity contribution < 1.29 is 9.66 Å². The van der Waals surface area contributed by atoms with Gasteiger partial charge >= 0.3 is 0 Å².